The molecule has 2 aromatic heterocycles. The van der Waals surface area contributed by atoms with Crippen molar-refractivity contribution in [3.8, 4) is 5.75 Å². The van der Waals surface area contributed by atoms with Crippen molar-refractivity contribution in [1.29, 1.82) is 0 Å². The number of aromatic nitrogens is 4. The number of rotatable bonds is 8. The summed E-state index contributed by atoms with van der Waals surface area (Å²) in [6.45, 7) is 3.72. The number of nitro benzene ring substituents is 1. The number of non-ortho nitro benzene ring substituents is 1. The molecule has 1 aliphatic rings. The van der Waals surface area contributed by atoms with Gasteiger partial charge in [-0.3, -0.25) is 10.1 Å². The molecule has 158 valence electrons. The van der Waals surface area contributed by atoms with Crippen molar-refractivity contribution in [3.05, 3.63) is 40.2 Å². The number of nitro groups is 1. The van der Waals surface area contributed by atoms with Crippen LogP contribution < -0.4 is 10.6 Å². The molecule has 1 saturated carbocycles. The fraction of sp³-hybridized carbons (Fsp3) is 0.421. The van der Waals surface area contributed by atoms with Gasteiger partial charge in [0.25, 0.3) is 5.69 Å². The van der Waals surface area contributed by atoms with Crippen LogP contribution in [0.1, 0.15) is 38.3 Å². The van der Waals surface area contributed by atoms with E-state index in [1.54, 1.807) is 20.2 Å². The Kier molecular flexibility index (Phi) is 4.90. The summed E-state index contributed by atoms with van der Waals surface area (Å²) in [6, 6.07) is 4.22. The zero-order valence-electron chi connectivity index (χ0n) is 16.7. The first-order valence-electron chi connectivity index (χ1n) is 9.62. The van der Waals surface area contributed by atoms with Crippen LogP contribution in [0, 0.1) is 10.1 Å². The Balaban J connectivity index is 1.65. The highest BCUT2D eigenvalue weighted by Gasteiger charge is 2.27. The summed E-state index contributed by atoms with van der Waals surface area (Å²) in [7, 11) is 0. The van der Waals surface area contributed by atoms with Gasteiger partial charge in [-0.25, -0.2) is 4.98 Å². The molecule has 0 saturated heterocycles. The average Bonchev–Trinajstić information content (AvgIpc) is 3.43. The van der Waals surface area contributed by atoms with E-state index in [1.807, 2.05) is 4.57 Å². The largest absolute Gasteiger partial charge is 0.508 e. The third kappa shape index (κ3) is 4.25. The molecule has 1 fully saturated rings. The van der Waals surface area contributed by atoms with Gasteiger partial charge in [-0.05, 0) is 32.8 Å². The highest BCUT2D eigenvalue weighted by atomic mass is 16.6. The van der Waals surface area contributed by atoms with Gasteiger partial charge < -0.3 is 25.4 Å². The SMILES string of the molecule is CC(C)(O)CNc1nc(NCc2cc([N+](=O)[O-])ccc2O)c2ncn(C3CC3)c2n1. The Bertz CT molecular complexity index is 1100. The zero-order valence-corrected chi connectivity index (χ0v) is 16.7. The molecule has 1 aromatic carbocycles. The molecule has 2 heterocycles. The Hall–Kier alpha value is -3.47. The molecular formula is C19H23N7O4. The van der Waals surface area contributed by atoms with E-state index >= 15 is 0 Å². The standard InChI is InChI=1S/C19H23N7O4/c1-19(2,28)9-21-18-23-16(15-17(24-18)25(10-22-15)12-3-4-12)20-8-11-7-13(26(29)30)5-6-14(11)27/h5-7,10,12,27-28H,3-4,8-9H2,1-2H3,(H2,20,21,23,24). The van der Waals surface area contributed by atoms with Gasteiger partial charge in [0.1, 0.15) is 5.75 Å². The lowest BCUT2D eigenvalue weighted by atomic mass is 10.1. The molecule has 0 bridgehead atoms. The normalized spacial score (nSPS) is 14.1. The van der Waals surface area contributed by atoms with Gasteiger partial charge in [0.05, 0.1) is 16.9 Å². The topological polar surface area (TPSA) is 151 Å². The molecule has 30 heavy (non-hydrogen) atoms. The second-order valence-electron chi connectivity index (χ2n) is 8.04. The van der Waals surface area contributed by atoms with Crippen LogP contribution in [0.25, 0.3) is 11.2 Å². The molecule has 0 atom stereocenters. The van der Waals surface area contributed by atoms with Crippen LogP contribution in [0.2, 0.25) is 0 Å². The lowest BCUT2D eigenvalue weighted by molar-refractivity contribution is -0.384. The first kappa shape index (κ1) is 19.8. The predicted molar refractivity (Wildman–Crippen MR) is 110 cm³/mol. The number of aliphatic hydroxyl groups is 1. The van der Waals surface area contributed by atoms with Gasteiger partial charge in [-0.1, -0.05) is 0 Å². The Labute approximate surface area is 172 Å². The number of hydrogen-bond acceptors (Lipinski definition) is 9. The lowest BCUT2D eigenvalue weighted by Gasteiger charge is -2.18. The summed E-state index contributed by atoms with van der Waals surface area (Å²) >= 11 is 0. The maximum absolute atomic E-state index is 11.0. The van der Waals surface area contributed by atoms with Crippen molar-refractivity contribution in [1.82, 2.24) is 19.5 Å². The van der Waals surface area contributed by atoms with Gasteiger partial charge in [-0.15, -0.1) is 0 Å². The van der Waals surface area contributed by atoms with Crippen LogP contribution >= 0.6 is 0 Å². The Morgan fingerprint density at radius 3 is 2.73 bits per heavy atom. The number of phenols is 1. The lowest BCUT2D eigenvalue weighted by Crippen LogP contribution is -2.30. The van der Waals surface area contributed by atoms with Crippen molar-refractivity contribution < 1.29 is 15.1 Å². The van der Waals surface area contributed by atoms with E-state index in [-0.39, 0.29) is 24.5 Å². The van der Waals surface area contributed by atoms with Crippen LogP contribution in [-0.2, 0) is 6.54 Å². The number of anilines is 2. The first-order chi connectivity index (χ1) is 14.2. The number of benzene rings is 1. The van der Waals surface area contributed by atoms with Gasteiger partial charge in [-0.2, -0.15) is 9.97 Å². The van der Waals surface area contributed by atoms with Crippen LogP contribution in [0.5, 0.6) is 5.75 Å². The third-order valence-electron chi connectivity index (χ3n) is 4.76. The molecule has 4 rings (SSSR count). The predicted octanol–water partition coefficient (Wildman–Crippen LogP) is 2.57. The molecule has 0 spiro atoms. The summed E-state index contributed by atoms with van der Waals surface area (Å²) in [5, 5.41) is 37.2. The number of nitrogens with one attached hydrogen (secondary N) is 2. The minimum absolute atomic E-state index is 0.0534. The van der Waals surface area contributed by atoms with Crippen LogP contribution in [-0.4, -0.2) is 46.8 Å². The van der Waals surface area contributed by atoms with Crippen molar-refractivity contribution in [3.63, 3.8) is 0 Å². The molecular weight excluding hydrogens is 390 g/mol. The van der Waals surface area contributed by atoms with Crippen molar-refractivity contribution in [2.24, 2.45) is 0 Å². The summed E-state index contributed by atoms with van der Waals surface area (Å²) in [5.41, 5.74) is 0.543. The van der Waals surface area contributed by atoms with E-state index in [9.17, 15) is 20.3 Å². The van der Waals surface area contributed by atoms with Crippen LogP contribution in [0.3, 0.4) is 0 Å². The number of hydrogen-bond donors (Lipinski definition) is 4. The molecule has 0 aliphatic heterocycles. The fourth-order valence-corrected chi connectivity index (χ4v) is 3.04. The van der Waals surface area contributed by atoms with E-state index in [1.165, 1.54) is 18.2 Å². The second-order valence-corrected chi connectivity index (χ2v) is 8.04. The number of fused-ring (bicyclic) bond motifs is 1. The summed E-state index contributed by atoms with van der Waals surface area (Å²) in [6.07, 6.45) is 3.85. The zero-order chi connectivity index (χ0) is 21.5. The quantitative estimate of drug-likeness (QED) is 0.322. The minimum atomic E-state index is -0.947. The van der Waals surface area contributed by atoms with Gasteiger partial charge >= 0.3 is 0 Å². The monoisotopic (exact) mass is 413 g/mol. The van der Waals surface area contributed by atoms with Gasteiger partial charge in [0.2, 0.25) is 5.95 Å². The maximum atomic E-state index is 11.0. The molecule has 0 amide bonds. The van der Waals surface area contributed by atoms with E-state index in [0.717, 1.165) is 12.8 Å². The van der Waals surface area contributed by atoms with Crippen LogP contribution in [0.4, 0.5) is 17.5 Å². The summed E-state index contributed by atoms with van der Waals surface area (Å²) in [5.74, 6) is 0.712. The van der Waals surface area contributed by atoms with Gasteiger partial charge in [0.15, 0.2) is 17.0 Å². The number of aromatic hydroxyl groups is 1. The highest BCUT2D eigenvalue weighted by molar-refractivity contribution is 5.84. The minimum Gasteiger partial charge on any atom is -0.508 e. The summed E-state index contributed by atoms with van der Waals surface area (Å²) in [4.78, 5) is 24.0. The molecule has 11 heteroatoms. The first-order valence-corrected chi connectivity index (χ1v) is 9.62. The number of phenolic OH excluding ortho intramolecular Hbond substituents is 1. The molecule has 4 N–H and O–H groups in total. The van der Waals surface area contributed by atoms with E-state index < -0.39 is 10.5 Å². The molecule has 1 aliphatic carbocycles. The van der Waals surface area contributed by atoms with Crippen LogP contribution in [0.15, 0.2) is 24.5 Å². The molecule has 3 aromatic rings. The molecule has 0 unspecified atom stereocenters. The second kappa shape index (κ2) is 7.41. The Morgan fingerprint density at radius 2 is 2.07 bits per heavy atom. The maximum Gasteiger partial charge on any atom is 0.270 e. The van der Waals surface area contributed by atoms with E-state index in [0.29, 0.717) is 34.5 Å². The third-order valence-corrected chi connectivity index (χ3v) is 4.76. The fourth-order valence-electron chi connectivity index (χ4n) is 3.04. The van der Waals surface area contributed by atoms with Gasteiger partial charge in [0, 0.05) is 36.8 Å². The molecule has 11 nitrogen and oxygen atoms in total. The van der Waals surface area contributed by atoms with E-state index in [4.69, 9.17) is 0 Å². The smallest absolute Gasteiger partial charge is 0.270 e. The van der Waals surface area contributed by atoms with Crippen molar-refractivity contribution >= 4 is 28.6 Å². The number of nitrogens with zero attached hydrogens (tertiary/aromatic N) is 5. The van der Waals surface area contributed by atoms with Crippen molar-refractivity contribution in [2.75, 3.05) is 17.2 Å². The van der Waals surface area contributed by atoms with E-state index in [2.05, 4.69) is 25.6 Å². The summed E-state index contributed by atoms with van der Waals surface area (Å²) < 4.78 is 2.00. The van der Waals surface area contributed by atoms with Crippen molar-refractivity contribution in [2.45, 2.75) is 44.9 Å². The average molecular weight is 413 g/mol. The number of imidazole rings is 1. The Morgan fingerprint density at radius 1 is 1.30 bits per heavy atom. The highest BCUT2D eigenvalue weighted by Crippen LogP contribution is 2.37. The molecule has 0 radical (unpaired) electrons.